The number of pyridine rings is 1. The smallest absolute Gasteiger partial charge is 0.255 e. The average Bonchev–Trinajstić information content (AvgIpc) is 2.88. The van der Waals surface area contributed by atoms with Crippen molar-refractivity contribution in [2.45, 2.75) is 33.6 Å². The van der Waals surface area contributed by atoms with Crippen molar-refractivity contribution in [3.8, 4) is 0 Å². The molecule has 120 valence electrons. The van der Waals surface area contributed by atoms with Crippen LogP contribution in [-0.4, -0.2) is 53.4 Å². The summed E-state index contributed by atoms with van der Waals surface area (Å²) in [4.78, 5) is 21.4. The molecule has 4 nitrogen and oxygen atoms in total. The summed E-state index contributed by atoms with van der Waals surface area (Å²) in [7, 11) is 0. The van der Waals surface area contributed by atoms with Gasteiger partial charge in [0.1, 0.15) is 0 Å². The maximum atomic E-state index is 12.5. The van der Waals surface area contributed by atoms with Crippen LogP contribution in [-0.2, 0) is 6.42 Å². The summed E-state index contributed by atoms with van der Waals surface area (Å²) in [6.07, 6.45) is 3.87. The van der Waals surface area contributed by atoms with E-state index in [2.05, 4.69) is 30.7 Å². The van der Waals surface area contributed by atoms with Gasteiger partial charge in [-0.1, -0.05) is 20.8 Å². The molecule has 0 saturated carbocycles. The van der Waals surface area contributed by atoms with E-state index in [1.54, 1.807) is 6.20 Å². The van der Waals surface area contributed by atoms with Gasteiger partial charge in [0, 0.05) is 43.5 Å². The van der Waals surface area contributed by atoms with E-state index in [-0.39, 0.29) is 5.91 Å². The van der Waals surface area contributed by atoms with E-state index in [0.717, 1.165) is 43.2 Å². The molecule has 0 N–H and O–H groups in total. The molecule has 0 aliphatic carbocycles. The number of hydrogen-bond donors (Lipinski definition) is 0. The molecule has 1 spiro atoms. The third kappa shape index (κ3) is 3.02. The monoisotopic (exact) mass is 301 g/mol. The van der Waals surface area contributed by atoms with Crippen LogP contribution in [0.1, 0.15) is 43.2 Å². The summed E-state index contributed by atoms with van der Waals surface area (Å²) in [5, 5.41) is 0. The lowest BCUT2D eigenvalue weighted by atomic mass is 9.78. The highest BCUT2D eigenvalue weighted by molar-refractivity contribution is 5.94. The highest BCUT2D eigenvalue weighted by atomic mass is 16.2. The Kier molecular flexibility index (Phi) is 4.22. The number of amides is 1. The third-order valence-corrected chi connectivity index (χ3v) is 4.91. The zero-order chi connectivity index (χ0) is 15.7. The van der Waals surface area contributed by atoms with Crippen molar-refractivity contribution in [2.75, 3.05) is 32.7 Å². The van der Waals surface area contributed by atoms with Crippen LogP contribution in [0.15, 0.2) is 18.3 Å². The number of aryl methyl sites for hydroxylation is 1. The number of carbonyl (C=O) groups excluding carboxylic acids is 1. The van der Waals surface area contributed by atoms with Crippen LogP contribution in [0.3, 0.4) is 0 Å². The van der Waals surface area contributed by atoms with Crippen LogP contribution in [0.5, 0.6) is 0 Å². The highest BCUT2D eigenvalue weighted by Gasteiger charge is 2.49. The Morgan fingerprint density at radius 1 is 1.32 bits per heavy atom. The molecule has 0 aromatic carbocycles. The number of likely N-dealkylation sites (tertiary alicyclic amines) is 2. The van der Waals surface area contributed by atoms with E-state index >= 15 is 0 Å². The zero-order valence-electron chi connectivity index (χ0n) is 14.0. The van der Waals surface area contributed by atoms with Crippen molar-refractivity contribution in [1.29, 1.82) is 0 Å². The van der Waals surface area contributed by atoms with Crippen LogP contribution < -0.4 is 0 Å². The minimum Gasteiger partial charge on any atom is -0.337 e. The second kappa shape index (κ2) is 5.99. The first-order valence-electron chi connectivity index (χ1n) is 8.48. The maximum absolute atomic E-state index is 12.5. The predicted octanol–water partition coefficient (Wildman–Crippen LogP) is 2.45. The summed E-state index contributed by atoms with van der Waals surface area (Å²) >= 11 is 0. The maximum Gasteiger partial charge on any atom is 0.255 e. The Hall–Kier alpha value is -1.42. The highest BCUT2D eigenvalue weighted by Crippen LogP contribution is 2.40. The molecular formula is C18H27N3O. The Balaban J connectivity index is 1.55. The first kappa shape index (κ1) is 15.5. The van der Waals surface area contributed by atoms with Gasteiger partial charge in [-0.3, -0.25) is 9.78 Å². The number of aromatic nitrogens is 1. The third-order valence-electron chi connectivity index (χ3n) is 4.91. The van der Waals surface area contributed by atoms with E-state index < -0.39 is 0 Å². The standard InChI is InChI=1S/C18H27N3O/c1-4-16-6-5-15(9-19-16)17(22)21-12-18(13-21)7-8-20(11-18)10-14(2)3/h5-6,9,14H,4,7-8,10-13H2,1-3H3. The molecule has 0 atom stereocenters. The summed E-state index contributed by atoms with van der Waals surface area (Å²) in [6.45, 7) is 12.0. The van der Waals surface area contributed by atoms with Crippen LogP contribution in [0.25, 0.3) is 0 Å². The van der Waals surface area contributed by atoms with Gasteiger partial charge >= 0.3 is 0 Å². The lowest BCUT2D eigenvalue weighted by Gasteiger charge is -2.48. The minimum atomic E-state index is 0.142. The van der Waals surface area contributed by atoms with Gasteiger partial charge in [-0.15, -0.1) is 0 Å². The molecule has 2 aliphatic rings. The summed E-state index contributed by atoms with van der Waals surface area (Å²) in [5.41, 5.74) is 2.13. The van der Waals surface area contributed by atoms with E-state index in [4.69, 9.17) is 0 Å². The molecular weight excluding hydrogens is 274 g/mol. The van der Waals surface area contributed by atoms with Crippen molar-refractivity contribution in [2.24, 2.45) is 11.3 Å². The van der Waals surface area contributed by atoms with Crippen molar-refractivity contribution in [1.82, 2.24) is 14.8 Å². The van der Waals surface area contributed by atoms with Gasteiger partial charge in [0.15, 0.2) is 0 Å². The molecule has 0 bridgehead atoms. The van der Waals surface area contributed by atoms with Crippen molar-refractivity contribution in [3.63, 3.8) is 0 Å². The lowest BCUT2D eigenvalue weighted by molar-refractivity contribution is 0.0102. The molecule has 2 saturated heterocycles. The molecule has 0 radical (unpaired) electrons. The van der Waals surface area contributed by atoms with Gasteiger partial charge < -0.3 is 9.80 Å². The van der Waals surface area contributed by atoms with Crippen LogP contribution in [0.4, 0.5) is 0 Å². The Morgan fingerprint density at radius 2 is 2.09 bits per heavy atom. The van der Waals surface area contributed by atoms with Crippen molar-refractivity contribution in [3.05, 3.63) is 29.6 Å². The first-order chi connectivity index (χ1) is 10.5. The minimum absolute atomic E-state index is 0.142. The van der Waals surface area contributed by atoms with Gasteiger partial charge in [-0.05, 0) is 37.4 Å². The van der Waals surface area contributed by atoms with Crippen LogP contribution in [0, 0.1) is 11.3 Å². The molecule has 1 aromatic heterocycles. The van der Waals surface area contributed by atoms with Gasteiger partial charge in [0.05, 0.1) is 5.56 Å². The topological polar surface area (TPSA) is 36.4 Å². The Labute approximate surface area is 133 Å². The fourth-order valence-electron chi connectivity index (χ4n) is 3.81. The summed E-state index contributed by atoms with van der Waals surface area (Å²) < 4.78 is 0. The molecule has 0 unspecified atom stereocenters. The van der Waals surface area contributed by atoms with Crippen molar-refractivity contribution >= 4 is 5.91 Å². The van der Waals surface area contributed by atoms with E-state index in [1.165, 1.54) is 19.5 Å². The molecule has 2 aliphatic heterocycles. The fraction of sp³-hybridized carbons (Fsp3) is 0.667. The van der Waals surface area contributed by atoms with E-state index in [0.29, 0.717) is 5.41 Å². The van der Waals surface area contributed by atoms with Gasteiger partial charge in [0.25, 0.3) is 5.91 Å². The number of hydrogen-bond acceptors (Lipinski definition) is 3. The van der Waals surface area contributed by atoms with Gasteiger partial charge in [-0.25, -0.2) is 0 Å². The first-order valence-corrected chi connectivity index (χ1v) is 8.48. The molecule has 1 amide bonds. The predicted molar refractivity (Wildman–Crippen MR) is 87.8 cm³/mol. The fourth-order valence-corrected chi connectivity index (χ4v) is 3.81. The number of carbonyl (C=O) groups is 1. The van der Waals surface area contributed by atoms with E-state index in [9.17, 15) is 4.79 Å². The lowest BCUT2D eigenvalue weighted by Crippen LogP contribution is -2.59. The number of nitrogens with zero attached hydrogens (tertiary/aromatic N) is 3. The molecule has 22 heavy (non-hydrogen) atoms. The van der Waals surface area contributed by atoms with Crippen LogP contribution >= 0.6 is 0 Å². The average molecular weight is 301 g/mol. The summed E-state index contributed by atoms with van der Waals surface area (Å²) in [6, 6.07) is 3.88. The van der Waals surface area contributed by atoms with Crippen LogP contribution in [0.2, 0.25) is 0 Å². The van der Waals surface area contributed by atoms with Gasteiger partial charge in [-0.2, -0.15) is 0 Å². The van der Waals surface area contributed by atoms with E-state index in [1.807, 2.05) is 17.0 Å². The van der Waals surface area contributed by atoms with Crippen molar-refractivity contribution < 1.29 is 4.79 Å². The zero-order valence-corrected chi connectivity index (χ0v) is 14.0. The largest absolute Gasteiger partial charge is 0.337 e. The Bertz CT molecular complexity index is 532. The normalized spacial score (nSPS) is 20.6. The molecule has 1 aromatic rings. The summed E-state index contributed by atoms with van der Waals surface area (Å²) in [5.74, 6) is 0.860. The molecule has 4 heteroatoms. The molecule has 3 rings (SSSR count). The second-order valence-corrected chi connectivity index (χ2v) is 7.43. The SMILES string of the molecule is CCc1ccc(C(=O)N2CC3(CCN(CC(C)C)C3)C2)cn1. The Morgan fingerprint density at radius 3 is 2.68 bits per heavy atom. The van der Waals surface area contributed by atoms with Gasteiger partial charge in [0.2, 0.25) is 0 Å². The quantitative estimate of drug-likeness (QED) is 0.857. The molecule has 2 fully saturated rings. The number of rotatable bonds is 4. The molecule has 3 heterocycles. The second-order valence-electron chi connectivity index (χ2n) is 7.43.